The second-order valence-electron chi connectivity index (χ2n) is 4.70. The molecule has 0 aliphatic heterocycles. The number of aromatic nitrogens is 2. The summed E-state index contributed by atoms with van der Waals surface area (Å²) in [6.45, 7) is 8.41. The normalized spacial score (nSPS) is 14.7. The first-order valence-corrected chi connectivity index (χ1v) is 7.00. The molecule has 0 aliphatic rings. The van der Waals surface area contributed by atoms with Crippen molar-refractivity contribution < 1.29 is 4.74 Å². The van der Waals surface area contributed by atoms with Crippen LogP contribution < -0.4 is 5.32 Å². The molecule has 0 saturated heterocycles. The zero-order chi connectivity index (χ0) is 13.4. The first kappa shape index (κ1) is 15.2. The summed E-state index contributed by atoms with van der Waals surface area (Å²) in [6.07, 6.45) is 5.50. The van der Waals surface area contributed by atoms with E-state index in [2.05, 4.69) is 41.9 Å². The highest BCUT2D eigenvalue weighted by Crippen LogP contribution is 2.20. The van der Waals surface area contributed by atoms with Crippen LogP contribution in [-0.2, 0) is 11.3 Å². The lowest BCUT2D eigenvalue weighted by Crippen LogP contribution is -2.26. The van der Waals surface area contributed by atoms with Gasteiger partial charge in [0.1, 0.15) is 0 Å². The molecular weight excluding hydrogens is 226 g/mol. The van der Waals surface area contributed by atoms with Crippen LogP contribution >= 0.6 is 0 Å². The Labute approximate surface area is 111 Å². The Morgan fingerprint density at radius 2 is 2.17 bits per heavy atom. The Morgan fingerprint density at radius 3 is 2.78 bits per heavy atom. The lowest BCUT2D eigenvalue weighted by atomic mass is 10.1. The van der Waals surface area contributed by atoms with Gasteiger partial charge in [-0.05, 0) is 45.7 Å². The number of hydrogen-bond donors (Lipinski definition) is 1. The van der Waals surface area contributed by atoms with E-state index in [1.165, 1.54) is 5.69 Å². The quantitative estimate of drug-likeness (QED) is 0.735. The minimum Gasteiger partial charge on any atom is -0.382 e. The highest BCUT2D eigenvalue weighted by atomic mass is 16.5. The Bertz CT molecular complexity index is 325. The smallest absolute Gasteiger partial charge is 0.0553 e. The average Bonchev–Trinajstić information content (AvgIpc) is 2.86. The van der Waals surface area contributed by atoms with Gasteiger partial charge in [-0.1, -0.05) is 6.92 Å². The number of nitrogens with one attached hydrogen (secondary N) is 1. The summed E-state index contributed by atoms with van der Waals surface area (Å²) in [5.41, 5.74) is 1.29. The topological polar surface area (TPSA) is 39.1 Å². The molecule has 2 atom stereocenters. The second-order valence-corrected chi connectivity index (χ2v) is 4.70. The molecule has 0 aromatic carbocycles. The number of nitrogens with zero attached hydrogens (tertiary/aromatic N) is 2. The lowest BCUT2D eigenvalue weighted by Gasteiger charge is -2.21. The van der Waals surface area contributed by atoms with Gasteiger partial charge in [0.2, 0.25) is 0 Å². The Morgan fingerprint density at radius 1 is 1.39 bits per heavy atom. The van der Waals surface area contributed by atoms with Gasteiger partial charge in [-0.2, -0.15) is 5.10 Å². The minimum atomic E-state index is 0.314. The molecule has 0 amide bonds. The van der Waals surface area contributed by atoms with Crippen molar-refractivity contribution in [3.05, 3.63) is 18.0 Å². The first-order chi connectivity index (χ1) is 8.72. The zero-order valence-corrected chi connectivity index (χ0v) is 12.1. The summed E-state index contributed by atoms with van der Waals surface area (Å²) in [6, 6.07) is 2.50. The molecule has 104 valence electrons. The fraction of sp³-hybridized carbons (Fsp3) is 0.786. The Kier molecular flexibility index (Phi) is 6.98. The van der Waals surface area contributed by atoms with Crippen molar-refractivity contribution in [3.8, 4) is 0 Å². The van der Waals surface area contributed by atoms with Crippen molar-refractivity contribution in [1.29, 1.82) is 0 Å². The predicted octanol–water partition coefficient (Wildman–Crippen LogP) is 2.76. The summed E-state index contributed by atoms with van der Waals surface area (Å²) < 4.78 is 7.40. The predicted molar refractivity (Wildman–Crippen MR) is 74.6 cm³/mol. The molecule has 2 unspecified atom stereocenters. The van der Waals surface area contributed by atoms with Crippen LogP contribution in [0, 0.1) is 0 Å². The van der Waals surface area contributed by atoms with Gasteiger partial charge in [0, 0.05) is 25.9 Å². The van der Waals surface area contributed by atoms with E-state index in [4.69, 9.17) is 4.74 Å². The van der Waals surface area contributed by atoms with Gasteiger partial charge in [-0.15, -0.1) is 0 Å². The highest BCUT2D eigenvalue weighted by molar-refractivity contribution is 5.07. The van der Waals surface area contributed by atoms with Crippen LogP contribution in [0.1, 0.15) is 51.8 Å². The zero-order valence-electron chi connectivity index (χ0n) is 12.1. The SMILES string of the molecule is CCCNC(CCC(C)OC)c1ccnn1CC. The van der Waals surface area contributed by atoms with Crippen LogP contribution in [0.2, 0.25) is 0 Å². The highest BCUT2D eigenvalue weighted by Gasteiger charge is 2.16. The van der Waals surface area contributed by atoms with Gasteiger partial charge in [-0.3, -0.25) is 4.68 Å². The Balaban J connectivity index is 2.65. The second kappa shape index (κ2) is 8.27. The molecule has 1 N–H and O–H groups in total. The average molecular weight is 253 g/mol. The van der Waals surface area contributed by atoms with Crippen molar-refractivity contribution in [2.75, 3.05) is 13.7 Å². The van der Waals surface area contributed by atoms with Crippen LogP contribution in [-0.4, -0.2) is 29.5 Å². The van der Waals surface area contributed by atoms with E-state index < -0.39 is 0 Å². The van der Waals surface area contributed by atoms with Gasteiger partial charge in [0.05, 0.1) is 11.8 Å². The van der Waals surface area contributed by atoms with Crippen molar-refractivity contribution >= 4 is 0 Å². The van der Waals surface area contributed by atoms with E-state index in [0.29, 0.717) is 12.1 Å². The molecule has 0 saturated carbocycles. The van der Waals surface area contributed by atoms with Gasteiger partial charge in [0.15, 0.2) is 0 Å². The molecule has 0 fully saturated rings. The van der Waals surface area contributed by atoms with E-state index in [-0.39, 0.29) is 0 Å². The molecule has 0 aliphatic carbocycles. The van der Waals surface area contributed by atoms with E-state index in [1.54, 1.807) is 7.11 Å². The summed E-state index contributed by atoms with van der Waals surface area (Å²) in [7, 11) is 1.77. The molecule has 0 spiro atoms. The molecule has 18 heavy (non-hydrogen) atoms. The van der Waals surface area contributed by atoms with E-state index in [0.717, 1.165) is 32.4 Å². The summed E-state index contributed by atoms with van der Waals surface area (Å²) >= 11 is 0. The van der Waals surface area contributed by atoms with Gasteiger partial charge in [-0.25, -0.2) is 0 Å². The number of aryl methyl sites for hydroxylation is 1. The van der Waals surface area contributed by atoms with Crippen LogP contribution in [0.15, 0.2) is 12.3 Å². The molecule has 1 rings (SSSR count). The van der Waals surface area contributed by atoms with E-state index in [1.807, 2.05) is 6.20 Å². The summed E-state index contributed by atoms with van der Waals surface area (Å²) in [5, 5.41) is 7.97. The third-order valence-corrected chi connectivity index (χ3v) is 3.31. The largest absolute Gasteiger partial charge is 0.382 e. The fourth-order valence-corrected chi connectivity index (χ4v) is 2.10. The van der Waals surface area contributed by atoms with Gasteiger partial charge in [0.25, 0.3) is 0 Å². The van der Waals surface area contributed by atoms with E-state index >= 15 is 0 Å². The minimum absolute atomic E-state index is 0.314. The maximum atomic E-state index is 5.33. The van der Waals surface area contributed by atoms with Crippen LogP contribution in [0.5, 0.6) is 0 Å². The summed E-state index contributed by atoms with van der Waals surface area (Å²) in [5.74, 6) is 0. The van der Waals surface area contributed by atoms with Crippen LogP contribution in [0.4, 0.5) is 0 Å². The van der Waals surface area contributed by atoms with Gasteiger partial charge < -0.3 is 10.1 Å². The van der Waals surface area contributed by atoms with Crippen molar-refractivity contribution in [1.82, 2.24) is 15.1 Å². The van der Waals surface area contributed by atoms with Crippen LogP contribution in [0.3, 0.4) is 0 Å². The number of rotatable bonds is 9. The molecule has 4 nitrogen and oxygen atoms in total. The Hall–Kier alpha value is -0.870. The molecule has 1 heterocycles. The number of hydrogen-bond acceptors (Lipinski definition) is 3. The van der Waals surface area contributed by atoms with Crippen LogP contribution in [0.25, 0.3) is 0 Å². The van der Waals surface area contributed by atoms with Crippen molar-refractivity contribution in [2.45, 2.75) is 58.7 Å². The monoisotopic (exact) mass is 253 g/mol. The third-order valence-electron chi connectivity index (χ3n) is 3.31. The summed E-state index contributed by atoms with van der Waals surface area (Å²) in [4.78, 5) is 0. The molecule has 1 aromatic heterocycles. The van der Waals surface area contributed by atoms with E-state index in [9.17, 15) is 0 Å². The fourth-order valence-electron chi connectivity index (χ4n) is 2.10. The molecule has 0 radical (unpaired) electrons. The maximum Gasteiger partial charge on any atom is 0.0553 e. The van der Waals surface area contributed by atoms with Gasteiger partial charge >= 0.3 is 0 Å². The number of ether oxygens (including phenoxy) is 1. The molecular formula is C14H27N3O. The first-order valence-electron chi connectivity index (χ1n) is 7.00. The molecule has 0 bridgehead atoms. The maximum absolute atomic E-state index is 5.33. The van der Waals surface area contributed by atoms with Crippen molar-refractivity contribution in [2.24, 2.45) is 0 Å². The third kappa shape index (κ3) is 4.42. The van der Waals surface area contributed by atoms with Crippen molar-refractivity contribution in [3.63, 3.8) is 0 Å². The molecule has 4 heteroatoms. The lowest BCUT2D eigenvalue weighted by molar-refractivity contribution is 0.105. The molecule has 1 aromatic rings. The standard InChI is InChI=1S/C14H27N3O/c1-5-10-15-13(8-7-12(3)18-4)14-9-11-16-17(14)6-2/h9,11-13,15H,5-8,10H2,1-4H3. The number of methoxy groups -OCH3 is 1.